The van der Waals surface area contributed by atoms with Gasteiger partial charge in [0.2, 0.25) is 11.8 Å². The number of ether oxygens (including phenoxy) is 2. The van der Waals surface area contributed by atoms with Crippen molar-refractivity contribution in [3.63, 3.8) is 0 Å². The van der Waals surface area contributed by atoms with Crippen molar-refractivity contribution in [3.8, 4) is 0 Å². The van der Waals surface area contributed by atoms with Crippen LogP contribution in [0, 0.1) is 0 Å². The smallest absolute Gasteiger partial charge is 0.408 e. The van der Waals surface area contributed by atoms with Crippen molar-refractivity contribution >= 4 is 29.7 Å². The van der Waals surface area contributed by atoms with E-state index in [0.29, 0.717) is 30.6 Å². The van der Waals surface area contributed by atoms with E-state index in [4.69, 9.17) is 9.47 Å². The van der Waals surface area contributed by atoms with E-state index in [2.05, 4.69) is 27.8 Å². The van der Waals surface area contributed by atoms with E-state index < -0.39 is 41.7 Å². The topological polar surface area (TPSA) is 155 Å². The van der Waals surface area contributed by atoms with Crippen molar-refractivity contribution in [3.05, 3.63) is 78.4 Å². The summed E-state index contributed by atoms with van der Waals surface area (Å²) in [5, 5.41) is 20.1. The molecule has 0 aromatic heterocycles. The van der Waals surface area contributed by atoms with Crippen LogP contribution in [-0.4, -0.2) is 59.9 Å². The number of carbonyl (C=O) groups excluding carboxylic acids is 4. The second-order valence-electron chi connectivity index (χ2n) is 10.6. The Morgan fingerprint density at radius 1 is 0.881 bits per heavy atom. The molecule has 2 rings (SSSR count). The second-order valence-corrected chi connectivity index (χ2v) is 10.6. The minimum atomic E-state index is -1.02. The zero-order valence-corrected chi connectivity index (χ0v) is 24.5. The van der Waals surface area contributed by atoms with Crippen molar-refractivity contribution < 1.29 is 33.8 Å². The lowest BCUT2D eigenvalue weighted by Crippen LogP contribution is -2.53. The van der Waals surface area contributed by atoms with E-state index in [1.807, 2.05) is 30.3 Å². The molecular formula is C31H42N4O7. The Kier molecular flexibility index (Phi) is 14.0. The first kappa shape index (κ1) is 33.8. The average molecular weight is 583 g/mol. The molecule has 2 unspecified atom stereocenters. The molecule has 0 heterocycles. The fraction of sp³-hybridized carbons (Fsp3) is 0.419. The first-order valence-corrected chi connectivity index (χ1v) is 13.9. The van der Waals surface area contributed by atoms with Crippen LogP contribution in [0.2, 0.25) is 0 Å². The number of hydrogen-bond donors (Lipinski definition) is 5. The van der Waals surface area contributed by atoms with Crippen molar-refractivity contribution in [1.29, 1.82) is 0 Å². The fourth-order valence-corrected chi connectivity index (χ4v) is 3.82. The Bertz CT molecular complexity index is 1160. The Morgan fingerprint density at radius 2 is 1.57 bits per heavy atom. The summed E-state index contributed by atoms with van der Waals surface area (Å²) in [7, 11) is 0. The lowest BCUT2D eigenvalue weighted by molar-refractivity contribution is -0.128. The van der Waals surface area contributed by atoms with Gasteiger partial charge in [0.05, 0.1) is 6.61 Å². The highest BCUT2D eigenvalue weighted by molar-refractivity contribution is 5.98. The highest BCUT2D eigenvalue weighted by Crippen LogP contribution is 2.13. The summed E-state index contributed by atoms with van der Waals surface area (Å²) in [4.78, 5) is 50.9. The summed E-state index contributed by atoms with van der Waals surface area (Å²) >= 11 is 0. The van der Waals surface area contributed by atoms with Gasteiger partial charge >= 0.3 is 12.2 Å². The summed E-state index contributed by atoms with van der Waals surface area (Å²) < 4.78 is 10.2. The normalized spacial score (nSPS) is 12.3. The molecule has 4 amide bonds. The molecule has 2 atom stereocenters. The van der Waals surface area contributed by atoms with Crippen LogP contribution >= 0.6 is 0 Å². The van der Waals surface area contributed by atoms with Gasteiger partial charge in [0.25, 0.3) is 0 Å². The van der Waals surface area contributed by atoms with Crippen molar-refractivity contribution in [2.45, 2.75) is 70.7 Å². The quantitative estimate of drug-likeness (QED) is 0.158. The van der Waals surface area contributed by atoms with Gasteiger partial charge in [0.15, 0.2) is 0 Å². The molecule has 0 saturated carbocycles. The molecule has 5 N–H and O–H groups in total. The number of anilines is 1. The van der Waals surface area contributed by atoms with Crippen molar-refractivity contribution in [2.24, 2.45) is 0 Å². The second kappa shape index (κ2) is 17.4. The van der Waals surface area contributed by atoms with Crippen LogP contribution in [0.1, 0.15) is 51.2 Å². The number of aliphatic hydroxyl groups is 1. The van der Waals surface area contributed by atoms with Gasteiger partial charge in [-0.25, -0.2) is 9.59 Å². The number of unbranched alkanes of at least 4 members (excludes halogenated alkanes) is 1. The summed E-state index contributed by atoms with van der Waals surface area (Å²) in [6.45, 7) is 9.00. The molecule has 2 aromatic rings. The first-order chi connectivity index (χ1) is 20.0. The molecule has 11 heteroatoms. The minimum absolute atomic E-state index is 0.0249. The summed E-state index contributed by atoms with van der Waals surface area (Å²) in [5.74, 6) is -1.01. The van der Waals surface area contributed by atoms with Crippen LogP contribution in [0.15, 0.2) is 67.3 Å². The van der Waals surface area contributed by atoms with Crippen molar-refractivity contribution in [2.75, 3.05) is 18.5 Å². The van der Waals surface area contributed by atoms with Gasteiger partial charge in [-0.1, -0.05) is 55.1 Å². The molecule has 0 aliphatic carbocycles. The van der Waals surface area contributed by atoms with Gasteiger partial charge in [0.1, 0.15) is 24.3 Å². The van der Waals surface area contributed by atoms with E-state index in [-0.39, 0.29) is 26.1 Å². The van der Waals surface area contributed by atoms with Gasteiger partial charge in [-0.3, -0.25) is 9.59 Å². The Hall–Kier alpha value is -4.38. The third kappa shape index (κ3) is 13.3. The Morgan fingerprint density at radius 3 is 2.19 bits per heavy atom. The number of benzene rings is 2. The molecule has 0 radical (unpaired) electrons. The number of amides is 4. The van der Waals surface area contributed by atoms with E-state index in [0.717, 1.165) is 5.56 Å². The maximum absolute atomic E-state index is 13.4. The average Bonchev–Trinajstić information content (AvgIpc) is 2.94. The number of carbonyl (C=O) groups is 4. The highest BCUT2D eigenvalue weighted by atomic mass is 16.6. The van der Waals surface area contributed by atoms with Crippen LogP contribution in [0.3, 0.4) is 0 Å². The van der Waals surface area contributed by atoms with Gasteiger partial charge in [0, 0.05) is 18.7 Å². The monoisotopic (exact) mass is 582 g/mol. The van der Waals surface area contributed by atoms with Crippen LogP contribution in [0.5, 0.6) is 0 Å². The molecule has 0 saturated heterocycles. The first-order valence-electron chi connectivity index (χ1n) is 13.9. The number of aliphatic hydroxyl groups excluding tert-OH is 1. The molecule has 2 aromatic carbocycles. The van der Waals surface area contributed by atoms with E-state index >= 15 is 0 Å². The maximum Gasteiger partial charge on any atom is 0.408 e. The van der Waals surface area contributed by atoms with Crippen LogP contribution in [0.25, 0.3) is 0 Å². The number of nitrogens with one attached hydrogen (secondary N) is 4. The lowest BCUT2D eigenvalue weighted by atomic mass is 10.0. The molecular weight excluding hydrogens is 540 g/mol. The number of alkyl carbamates (subject to hydrolysis) is 2. The molecule has 0 aliphatic heterocycles. The Balaban J connectivity index is 2.12. The van der Waals surface area contributed by atoms with Crippen LogP contribution < -0.4 is 21.3 Å². The molecule has 0 spiro atoms. The summed E-state index contributed by atoms with van der Waals surface area (Å²) in [6, 6.07) is 13.9. The molecule has 42 heavy (non-hydrogen) atoms. The van der Waals surface area contributed by atoms with Gasteiger partial charge in [-0.2, -0.15) is 0 Å². The lowest BCUT2D eigenvalue weighted by Gasteiger charge is -2.23. The molecule has 11 nitrogen and oxygen atoms in total. The van der Waals surface area contributed by atoms with Crippen LogP contribution in [-0.2, 0) is 32.1 Å². The molecule has 0 fully saturated rings. The minimum Gasteiger partial charge on any atom is -0.445 e. The van der Waals surface area contributed by atoms with Crippen LogP contribution in [0.4, 0.5) is 15.3 Å². The summed E-state index contributed by atoms with van der Waals surface area (Å²) in [6.07, 6.45) is 1.56. The standard InChI is InChI=1S/C31H42N4O7/c1-5-19-41-30(40)35-26(20-22-11-7-6-8-12-22)28(38)34-25(13-9-10-18-32-29(39)42-31(2,3)4)27(37)33-24-16-14-23(21-36)15-17-24/h5-8,11-12,14-17,25-26,36H,1,9-10,13,18-21H2,2-4H3,(H,32,39)(H,33,37)(H,34,38)(H,35,40). The SMILES string of the molecule is C=CCOC(=O)NC(Cc1ccccc1)C(=O)NC(CCCCNC(=O)OC(C)(C)C)C(=O)Nc1ccc(CO)cc1. The number of hydrogen-bond acceptors (Lipinski definition) is 7. The predicted octanol–water partition coefficient (Wildman–Crippen LogP) is 3.82. The van der Waals surface area contributed by atoms with E-state index in [1.54, 1.807) is 45.0 Å². The largest absolute Gasteiger partial charge is 0.445 e. The maximum atomic E-state index is 13.4. The summed E-state index contributed by atoms with van der Waals surface area (Å²) in [5.41, 5.74) is 1.37. The number of rotatable bonds is 15. The van der Waals surface area contributed by atoms with Gasteiger partial charge in [-0.15, -0.1) is 0 Å². The predicted molar refractivity (Wildman–Crippen MR) is 160 cm³/mol. The zero-order valence-electron chi connectivity index (χ0n) is 24.5. The zero-order chi connectivity index (χ0) is 31.0. The molecule has 0 aliphatic rings. The molecule has 228 valence electrons. The third-order valence-electron chi connectivity index (χ3n) is 5.85. The van der Waals surface area contributed by atoms with Gasteiger partial charge in [-0.05, 0) is 63.3 Å². The van der Waals surface area contributed by atoms with Crippen molar-refractivity contribution in [1.82, 2.24) is 16.0 Å². The molecule has 0 bridgehead atoms. The van der Waals surface area contributed by atoms with E-state index in [1.165, 1.54) is 6.08 Å². The third-order valence-corrected chi connectivity index (χ3v) is 5.85. The highest BCUT2D eigenvalue weighted by Gasteiger charge is 2.27. The van der Waals surface area contributed by atoms with Gasteiger partial charge < -0.3 is 35.8 Å². The fourth-order valence-electron chi connectivity index (χ4n) is 3.82. The van der Waals surface area contributed by atoms with E-state index in [9.17, 15) is 24.3 Å². The Labute approximate surface area is 247 Å².